The number of nitrogens with two attached hydrogens (primary N) is 1. The molecule has 3 rings (SSSR count). The number of ether oxygens (including phenoxy) is 2. The molecule has 0 saturated carbocycles. The van der Waals surface area contributed by atoms with Gasteiger partial charge in [-0.05, 0) is 24.3 Å². The zero-order chi connectivity index (χ0) is 15.9. The minimum Gasteiger partial charge on any atom is -0.488 e. The average molecular weight is 305 g/mol. The summed E-state index contributed by atoms with van der Waals surface area (Å²) in [5.41, 5.74) is 7.73. The summed E-state index contributed by atoms with van der Waals surface area (Å²) in [5, 5.41) is 0. The number of benzene rings is 3. The van der Waals surface area contributed by atoms with E-state index >= 15 is 0 Å². The van der Waals surface area contributed by atoms with Crippen molar-refractivity contribution < 1.29 is 9.47 Å². The summed E-state index contributed by atoms with van der Waals surface area (Å²) in [6.07, 6.45) is 0. The van der Waals surface area contributed by atoms with E-state index in [-0.39, 0.29) is 0 Å². The van der Waals surface area contributed by atoms with Gasteiger partial charge in [0.25, 0.3) is 0 Å². The maximum Gasteiger partial charge on any atom is 0.134 e. The Hall–Kier alpha value is -2.78. The summed E-state index contributed by atoms with van der Waals surface area (Å²) in [7, 11) is 0. The van der Waals surface area contributed by atoms with Crippen LogP contribution in [0.3, 0.4) is 0 Å². The van der Waals surface area contributed by atoms with Gasteiger partial charge in [0.15, 0.2) is 0 Å². The molecule has 0 aliphatic rings. The molecule has 116 valence electrons. The molecule has 3 aromatic carbocycles. The highest BCUT2D eigenvalue weighted by Gasteiger charge is 2.07. The molecule has 0 amide bonds. The van der Waals surface area contributed by atoms with Gasteiger partial charge >= 0.3 is 0 Å². The van der Waals surface area contributed by atoms with E-state index in [1.807, 2.05) is 78.9 Å². The summed E-state index contributed by atoms with van der Waals surface area (Å²) < 4.78 is 11.9. The van der Waals surface area contributed by atoms with Gasteiger partial charge in [0.1, 0.15) is 23.9 Å². The van der Waals surface area contributed by atoms with Crippen LogP contribution in [0.25, 0.3) is 0 Å². The lowest BCUT2D eigenvalue weighted by Crippen LogP contribution is -2.03. The van der Waals surface area contributed by atoms with Crippen molar-refractivity contribution in [3.8, 4) is 17.2 Å². The smallest absolute Gasteiger partial charge is 0.134 e. The Balaban J connectivity index is 1.76. The van der Waals surface area contributed by atoms with Gasteiger partial charge < -0.3 is 15.2 Å². The van der Waals surface area contributed by atoms with Crippen LogP contribution >= 0.6 is 0 Å². The molecule has 3 nitrogen and oxygen atoms in total. The van der Waals surface area contributed by atoms with Gasteiger partial charge in [-0.15, -0.1) is 0 Å². The fourth-order valence-electron chi connectivity index (χ4n) is 2.31. The second-order valence-electron chi connectivity index (χ2n) is 5.12. The van der Waals surface area contributed by atoms with Crippen LogP contribution in [0.5, 0.6) is 17.2 Å². The van der Waals surface area contributed by atoms with Gasteiger partial charge in [0.05, 0.1) is 0 Å². The molecule has 23 heavy (non-hydrogen) atoms. The first kappa shape index (κ1) is 15.1. The lowest BCUT2D eigenvalue weighted by Gasteiger charge is -2.13. The number of hydrogen-bond donors (Lipinski definition) is 1. The molecular formula is C20H19NO2. The third-order valence-corrected chi connectivity index (χ3v) is 3.52. The third kappa shape index (κ3) is 3.90. The van der Waals surface area contributed by atoms with Crippen molar-refractivity contribution in [1.82, 2.24) is 0 Å². The number of rotatable bonds is 6. The van der Waals surface area contributed by atoms with E-state index in [2.05, 4.69) is 0 Å². The normalized spacial score (nSPS) is 10.3. The molecule has 0 radical (unpaired) electrons. The van der Waals surface area contributed by atoms with E-state index in [9.17, 15) is 0 Å². The quantitative estimate of drug-likeness (QED) is 0.728. The molecule has 0 spiro atoms. The van der Waals surface area contributed by atoms with Crippen molar-refractivity contribution in [2.75, 3.05) is 0 Å². The van der Waals surface area contributed by atoms with Crippen molar-refractivity contribution in [2.45, 2.75) is 13.2 Å². The Morgan fingerprint density at radius 1 is 0.652 bits per heavy atom. The zero-order valence-electron chi connectivity index (χ0n) is 12.8. The van der Waals surface area contributed by atoms with Crippen molar-refractivity contribution in [2.24, 2.45) is 5.73 Å². The van der Waals surface area contributed by atoms with Gasteiger partial charge in [-0.2, -0.15) is 0 Å². The van der Waals surface area contributed by atoms with E-state index in [4.69, 9.17) is 15.2 Å². The number of hydrogen-bond acceptors (Lipinski definition) is 3. The topological polar surface area (TPSA) is 44.5 Å². The first-order valence-electron chi connectivity index (χ1n) is 7.58. The molecule has 0 fully saturated rings. The molecule has 0 unspecified atom stereocenters. The molecule has 3 heteroatoms. The molecule has 0 bridgehead atoms. The highest BCUT2D eigenvalue weighted by Crippen LogP contribution is 2.27. The fraction of sp³-hybridized carbons (Fsp3) is 0.100. The molecule has 2 N–H and O–H groups in total. The van der Waals surface area contributed by atoms with E-state index in [1.165, 1.54) is 0 Å². The molecule has 0 aromatic heterocycles. The largest absolute Gasteiger partial charge is 0.488 e. The lowest BCUT2D eigenvalue weighted by molar-refractivity contribution is 0.297. The van der Waals surface area contributed by atoms with Gasteiger partial charge in [-0.25, -0.2) is 0 Å². The zero-order valence-corrected chi connectivity index (χ0v) is 12.8. The van der Waals surface area contributed by atoms with Crippen molar-refractivity contribution in [3.63, 3.8) is 0 Å². The maximum atomic E-state index is 5.95. The monoisotopic (exact) mass is 305 g/mol. The SMILES string of the molecule is NCc1ccccc1OCc1ccccc1Oc1ccccc1. The first-order valence-corrected chi connectivity index (χ1v) is 7.58. The van der Waals surface area contributed by atoms with Gasteiger partial charge in [-0.1, -0.05) is 54.6 Å². The van der Waals surface area contributed by atoms with E-state index < -0.39 is 0 Å². The Morgan fingerprint density at radius 2 is 1.26 bits per heavy atom. The molecule has 3 aromatic rings. The Kier molecular flexibility index (Phi) is 4.92. The molecule has 0 heterocycles. The highest BCUT2D eigenvalue weighted by atomic mass is 16.5. The molecule has 0 aliphatic carbocycles. The van der Waals surface area contributed by atoms with Crippen molar-refractivity contribution in [1.29, 1.82) is 0 Å². The molecule has 0 atom stereocenters. The van der Waals surface area contributed by atoms with Crippen LogP contribution in [0, 0.1) is 0 Å². The Bertz CT molecular complexity index is 756. The van der Waals surface area contributed by atoms with Crippen LogP contribution in [-0.2, 0) is 13.2 Å². The number of para-hydroxylation sites is 3. The van der Waals surface area contributed by atoms with Crippen LogP contribution in [-0.4, -0.2) is 0 Å². The van der Waals surface area contributed by atoms with Crippen LogP contribution in [0.15, 0.2) is 78.9 Å². The summed E-state index contributed by atoms with van der Waals surface area (Å²) in [4.78, 5) is 0. The summed E-state index contributed by atoms with van der Waals surface area (Å²) in [6.45, 7) is 0.887. The second kappa shape index (κ2) is 7.47. The lowest BCUT2D eigenvalue weighted by atomic mass is 10.2. The molecular weight excluding hydrogens is 286 g/mol. The first-order chi connectivity index (χ1) is 11.4. The Labute approximate surface area is 136 Å². The van der Waals surface area contributed by atoms with E-state index in [1.54, 1.807) is 0 Å². The van der Waals surface area contributed by atoms with Crippen LogP contribution < -0.4 is 15.2 Å². The molecule has 0 aliphatic heterocycles. The summed E-state index contributed by atoms with van der Waals surface area (Å²) >= 11 is 0. The predicted octanol–water partition coefficient (Wildman–Crippen LogP) is 4.52. The van der Waals surface area contributed by atoms with Gasteiger partial charge in [-0.3, -0.25) is 0 Å². The average Bonchev–Trinajstić information content (AvgIpc) is 2.62. The van der Waals surface area contributed by atoms with Gasteiger partial charge in [0, 0.05) is 17.7 Å². The summed E-state index contributed by atoms with van der Waals surface area (Å²) in [6, 6.07) is 25.4. The molecule has 0 saturated heterocycles. The van der Waals surface area contributed by atoms with Crippen LogP contribution in [0.4, 0.5) is 0 Å². The summed E-state index contributed by atoms with van der Waals surface area (Å²) in [5.74, 6) is 2.41. The standard InChI is InChI=1S/C20H19NO2/c21-14-16-8-4-6-12-19(16)22-15-17-9-5-7-13-20(17)23-18-10-2-1-3-11-18/h1-13H,14-15,21H2. The van der Waals surface area contributed by atoms with E-state index in [0.29, 0.717) is 13.2 Å². The fourth-order valence-corrected chi connectivity index (χ4v) is 2.31. The predicted molar refractivity (Wildman–Crippen MR) is 91.6 cm³/mol. The van der Waals surface area contributed by atoms with Crippen LogP contribution in [0.2, 0.25) is 0 Å². The van der Waals surface area contributed by atoms with E-state index in [0.717, 1.165) is 28.4 Å². The Morgan fingerprint density at radius 3 is 2.00 bits per heavy atom. The van der Waals surface area contributed by atoms with Crippen molar-refractivity contribution >= 4 is 0 Å². The highest BCUT2D eigenvalue weighted by molar-refractivity contribution is 5.38. The minimum atomic E-state index is 0.431. The minimum absolute atomic E-state index is 0.431. The van der Waals surface area contributed by atoms with Crippen molar-refractivity contribution in [3.05, 3.63) is 90.0 Å². The van der Waals surface area contributed by atoms with Crippen LogP contribution in [0.1, 0.15) is 11.1 Å². The third-order valence-electron chi connectivity index (χ3n) is 3.52. The van der Waals surface area contributed by atoms with Gasteiger partial charge in [0.2, 0.25) is 0 Å². The second-order valence-corrected chi connectivity index (χ2v) is 5.12. The maximum absolute atomic E-state index is 5.95.